The van der Waals surface area contributed by atoms with Crippen molar-refractivity contribution in [1.82, 2.24) is 10.2 Å². The molecular weight excluding hydrogens is 234 g/mol. The van der Waals surface area contributed by atoms with Crippen LogP contribution >= 0.6 is 0 Å². The molecule has 0 radical (unpaired) electrons. The summed E-state index contributed by atoms with van der Waals surface area (Å²) in [6.07, 6.45) is 3.61. The molecule has 1 aromatic carbocycles. The van der Waals surface area contributed by atoms with E-state index in [0.29, 0.717) is 6.04 Å². The van der Waals surface area contributed by atoms with Crippen molar-refractivity contribution in [3.05, 3.63) is 35.4 Å². The van der Waals surface area contributed by atoms with E-state index in [9.17, 15) is 0 Å². The highest BCUT2D eigenvalue weighted by Crippen LogP contribution is 2.44. The lowest BCUT2D eigenvalue weighted by molar-refractivity contribution is 0.518. The summed E-state index contributed by atoms with van der Waals surface area (Å²) in [4.78, 5) is 0. The zero-order valence-electron chi connectivity index (χ0n) is 11.5. The zero-order chi connectivity index (χ0) is 13.0. The minimum absolute atomic E-state index is 0.174. The van der Waals surface area contributed by atoms with E-state index in [1.807, 2.05) is 0 Å². The van der Waals surface area contributed by atoms with Crippen LogP contribution < -0.4 is 5.32 Å². The van der Waals surface area contributed by atoms with Gasteiger partial charge in [-0.25, -0.2) is 0 Å². The number of rotatable bonds is 2. The predicted molar refractivity (Wildman–Crippen MR) is 77.4 cm³/mol. The second-order valence-corrected chi connectivity index (χ2v) is 6.45. The fourth-order valence-electron chi connectivity index (χ4n) is 3.13. The number of aromatic amines is 1. The molecule has 0 unspecified atom stereocenters. The molecule has 2 aliphatic carbocycles. The van der Waals surface area contributed by atoms with Gasteiger partial charge in [0, 0.05) is 17.2 Å². The van der Waals surface area contributed by atoms with E-state index >= 15 is 0 Å². The molecule has 1 fully saturated rings. The van der Waals surface area contributed by atoms with Crippen LogP contribution in [0.4, 0.5) is 5.82 Å². The van der Waals surface area contributed by atoms with Gasteiger partial charge in [0.1, 0.15) is 0 Å². The second-order valence-electron chi connectivity index (χ2n) is 6.45. The quantitative estimate of drug-likeness (QED) is 0.860. The Kier molecular flexibility index (Phi) is 2.12. The van der Waals surface area contributed by atoms with Gasteiger partial charge in [0.05, 0.1) is 5.69 Å². The van der Waals surface area contributed by atoms with Gasteiger partial charge >= 0.3 is 0 Å². The van der Waals surface area contributed by atoms with Crippen molar-refractivity contribution in [2.75, 3.05) is 5.32 Å². The maximum absolute atomic E-state index is 4.51. The average molecular weight is 253 g/mol. The molecule has 3 nitrogen and oxygen atoms in total. The van der Waals surface area contributed by atoms with Crippen LogP contribution in [0.15, 0.2) is 24.3 Å². The summed E-state index contributed by atoms with van der Waals surface area (Å²) in [5.41, 5.74) is 5.47. The monoisotopic (exact) mass is 253 g/mol. The molecule has 0 saturated heterocycles. The Bertz CT molecular complexity index is 635. The Morgan fingerprint density at radius 2 is 2.05 bits per heavy atom. The van der Waals surface area contributed by atoms with Crippen molar-refractivity contribution in [2.45, 2.75) is 44.6 Å². The number of nitrogens with one attached hydrogen (secondary N) is 2. The molecular formula is C16H19N3. The van der Waals surface area contributed by atoms with Gasteiger partial charge in [0.15, 0.2) is 5.82 Å². The van der Waals surface area contributed by atoms with Crippen LogP contribution in [0.25, 0.3) is 11.3 Å². The highest BCUT2D eigenvalue weighted by atomic mass is 15.2. The van der Waals surface area contributed by atoms with Gasteiger partial charge < -0.3 is 5.32 Å². The van der Waals surface area contributed by atoms with Gasteiger partial charge in [-0.05, 0) is 30.2 Å². The summed E-state index contributed by atoms with van der Waals surface area (Å²) in [5, 5.41) is 11.3. The minimum atomic E-state index is 0.174. The van der Waals surface area contributed by atoms with Gasteiger partial charge in [0.2, 0.25) is 0 Å². The van der Waals surface area contributed by atoms with Crippen LogP contribution in [0, 0.1) is 0 Å². The number of nitrogens with zero attached hydrogens (tertiary/aromatic N) is 1. The van der Waals surface area contributed by atoms with E-state index in [-0.39, 0.29) is 5.41 Å². The lowest BCUT2D eigenvalue weighted by Gasteiger charge is -2.32. The summed E-state index contributed by atoms with van der Waals surface area (Å²) >= 11 is 0. The molecule has 0 atom stereocenters. The highest BCUT2D eigenvalue weighted by Gasteiger charge is 2.34. The number of hydrogen-bond donors (Lipinski definition) is 2. The van der Waals surface area contributed by atoms with Crippen LogP contribution in [0.3, 0.4) is 0 Å². The standard InChI is InChI=1S/C16H19N3/c1-16(2)9-12-14(11-5-3-4-6-13(11)16)18-19-15(12)17-10-7-8-10/h3-6,10H,7-9H2,1-2H3,(H2,17,18,19). The summed E-state index contributed by atoms with van der Waals surface area (Å²) in [6.45, 7) is 4.64. The number of H-pyrrole nitrogens is 1. The molecule has 1 heterocycles. The summed E-state index contributed by atoms with van der Waals surface area (Å²) in [7, 11) is 0. The van der Waals surface area contributed by atoms with Crippen LogP contribution in [0.2, 0.25) is 0 Å². The third-order valence-electron chi connectivity index (χ3n) is 4.33. The lowest BCUT2D eigenvalue weighted by Crippen LogP contribution is -2.25. The lowest BCUT2D eigenvalue weighted by atomic mass is 9.72. The molecule has 1 aromatic heterocycles. The normalized spacial score (nSPS) is 19.7. The third-order valence-corrected chi connectivity index (χ3v) is 4.33. The minimum Gasteiger partial charge on any atom is -0.366 e. The summed E-state index contributed by atoms with van der Waals surface area (Å²) < 4.78 is 0. The van der Waals surface area contributed by atoms with Gasteiger partial charge in [-0.1, -0.05) is 38.1 Å². The molecule has 0 spiro atoms. The van der Waals surface area contributed by atoms with E-state index in [1.165, 1.54) is 35.2 Å². The summed E-state index contributed by atoms with van der Waals surface area (Å²) in [5.74, 6) is 1.07. The second kappa shape index (κ2) is 3.62. The van der Waals surface area contributed by atoms with Crippen LogP contribution in [-0.4, -0.2) is 16.2 Å². The van der Waals surface area contributed by atoms with E-state index < -0.39 is 0 Å². The number of fused-ring (bicyclic) bond motifs is 3. The number of benzene rings is 1. The first-order chi connectivity index (χ1) is 9.15. The fourth-order valence-corrected chi connectivity index (χ4v) is 3.13. The molecule has 3 heteroatoms. The molecule has 98 valence electrons. The molecule has 1 saturated carbocycles. The first-order valence-electron chi connectivity index (χ1n) is 7.09. The van der Waals surface area contributed by atoms with Crippen molar-refractivity contribution in [2.24, 2.45) is 0 Å². The van der Waals surface area contributed by atoms with Crippen molar-refractivity contribution < 1.29 is 0 Å². The van der Waals surface area contributed by atoms with Gasteiger partial charge in [0.25, 0.3) is 0 Å². The topological polar surface area (TPSA) is 40.7 Å². The van der Waals surface area contributed by atoms with E-state index in [1.54, 1.807) is 0 Å². The maximum atomic E-state index is 4.51. The molecule has 2 N–H and O–H groups in total. The Hall–Kier alpha value is -1.77. The zero-order valence-corrected chi connectivity index (χ0v) is 11.5. The molecule has 0 amide bonds. The van der Waals surface area contributed by atoms with Crippen molar-refractivity contribution in [3.8, 4) is 11.3 Å². The molecule has 2 aliphatic rings. The number of hydrogen-bond acceptors (Lipinski definition) is 2. The Labute approximate surface area is 113 Å². The molecule has 0 bridgehead atoms. The van der Waals surface area contributed by atoms with E-state index in [0.717, 1.165) is 12.2 Å². The Balaban J connectivity index is 1.86. The third kappa shape index (κ3) is 1.68. The van der Waals surface area contributed by atoms with Crippen LogP contribution in [0.1, 0.15) is 37.8 Å². The van der Waals surface area contributed by atoms with Crippen LogP contribution in [-0.2, 0) is 11.8 Å². The van der Waals surface area contributed by atoms with Gasteiger partial charge in [-0.3, -0.25) is 5.10 Å². The number of aromatic nitrogens is 2. The van der Waals surface area contributed by atoms with Crippen molar-refractivity contribution in [1.29, 1.82) is 0 Å². The molecule has 19 heavy (non-hydrogen) atoms. The largest absolute Gasteiger partial charge is 0.366 e. The first kappa shape index (κ1) is 11.1. The summed E-state index contributed by atoms with van der Waals surface area (Å²) in [6, 6.07) is 9.33. The molecule has 2 aromatic rings. The first-order valence-corrected chi connectivity index (χ1v) is 7.09. The van der Waals surface area contributed by atoms with Crippen molar-refractivity contribution in [3.63, 3.8) is 0 Å². The van der Waals surface area contributed by atoms with E-state index in [2.05, 4.69) is 53.6 Å². The van der Waals surface area contributed by atoms with Gasteiger partial charge in [-0.2, -0.15) is 5.10 Å². The Morgan fingerprint density at radius 3 is 2.84 bits per heavy atom. The molecule has 0 aliphatic heterocycles. The van der Waals surface area contributed by atoms with Crippen molar-refractivity contribution >= 4 is 5.82 Å². The smallest absolute Gasteiger partial charge is 0.151 e. The predicted octanol–water partition coefficient (Wildman–Crippen LogP) is 3.48. The Morgan fingerprint density at radius 1 is 1.26 bits per heavy atom. The highest BCUT2D eigenvalue weighted by molar-refractivity contribution is 5.76. The molecule has 4 rings (SSSR count). The van der Waals surface area contributed by atoms with Crippen LogP contribution in [0.5, 0.6) is 0 Å². The van der Waals surface area contributed by atoms with E-state index in [4.69, 9.17) is 0 Å². The average Bonchev–Trinajstić information content (AvgIpc) is 3.12. The maximum Gasteiger partial charge on any atom is 0.151 e. The number of anilines is 1. The SMILES string of the molecule is CC1(C)Cc2c(NC3CC3)n[nH]c2-c2ccccc21. The fraction of sp³-hybridized carbons (Fsp3) is 0.438. The van der Waals surface area contributed by atoms with Gasteiger partial charge in [-0.15, -0.1) is 0 Å².